The highest BCUT2D eigenvalue weighted by molar-refractivity contribution is 8.00. The summed E-state index contributed by atoms with van der Waals surface area (Å²) in [5, 5.41) is 4.65. The fourth-order valence-corrected chi connectivity index (χ4v) is 4.44. The maximum Gasteiger partial charge on any atom is 0.0219 e. The van der Waals surface area contributed by atoms with E-state index < -0.39 is 0 Å². The van der Waals surface area contributed by atoms with Gasteiger partial charge in [-0.25, -0.2) is 0 Å². The highest BCUT2D eigenvalue weighted by Gasteiger charge is 2.29. The van der Waals surface area contributed by atoms with Gasteiger partial charge in [-0.3, -0.25) is 4.90 Å². The lowest BCUT2D eigenvalue weighted by molar-refractivity contribution is 0.123. The number of hydrogen-bond acceptors (Lipinski definition) is 3. The zero-order valence-electron chi connectivity index (χ0n) is 11.5. The summed E-state index contributed by atoms with van der Waals surface area (Å²) >= 11 is 2.20. The summed E-state index contributed by atoms with van der Waals surface area (Å²) in [5.74, 6) is 1.39. The predicted octanol–water partition coefficient (Wildman–Crippen LogP) is 2.73. The van der Waals surface area contributed by atoms with E-state index in [0.717, 1.165) is 17.3 Å². The topological polar surface area (TPSA) is 15.3 Å². The van der Waals surface area contributed by atoms with Gasteiger partial charge < -0.3 is 5.32 Å². The van der Waals surface area contributed by atoms with Gasteiger partial charge in [-0.1, -0.05) is 20.3 Å². The Labute approximate surface area is 111 Å². The van der Waals surface area contributed by atoms with Gasteiger partial charge in [0.25, 0.3) is 0 Å². The predicted molar refractivity (Wildman–Crippen MR) is 77.8 cm³/mol. The van der Waals surface area contributed by atoms with Crippen LogP contribution in [0.3, 0.4) is 0 Å². The summed E-state index contributed by atoms with van der Waals surface area (Å²) in [6, 6.07) is 1.53. The van der Waals surface area contributed by atoms with Crippen molar-refractivity contribution in [2.45, 2.75) is 63.3 Å². The van der Waals surface area contributed by atoms with Gasteiger partial charge in [-0.15, -0.1) is 0 Å². The van der Waals surface area contributed by atoms with Crippen LogP contribution in [-0.4, -0.2) is 47.6 Å². The molecule has 2 nitrogen and oxygen atoms in total. The Morgan fingerprint density at radius 1 is 1.35 bits per heavy atom. The van der Waals surface area contributed by atoms with Gasteiger partial charge in [0.15, 0.2) is 0 Å². The largest absolute Gasteiger partial charge is 0.311 e. The fourth-order valence-electron chi connectivity index (χ4n) is 3.15. The molecule has 2 heterocycles. The molecule has 3 heteroatoms. The van der Waals surface area contributed by atoms with E-state index in [2.05, 4.69) is 35.8 Å². The first kappa shape index (κ1) is 13.7. The van der Waals surface area contributed by atoms with Crippen molar-refractivity contribution < 1.29 is 0 Å². The second-order valence-corrected chi connectivity index (χ2v) is 6.95. The molecule has 0 bridgehead atoms. The van der Waals surface area contributed by atoms with Gasteiger partial charge in [-0.2, -0.15) is 11.8 Å². The summed E-state index contributed by atoms with van der Waals surface area (Å²) in [7, 11) is 0. The van der Waals surface area contributed by atoms with Crippen LogP contribution in [0.5, 0.6) is 0 Å². The molecular formula is C14H28N2S. The van der Waals surface area contributed by atoms with Crippen LogP contribution in [0.2, 0.25) is 0 Å². The summed E-state index contributed by atoms with van der Waals surface area (Å²) in [4.78, 5) is 2.78. The third-order valence-electron chi connectivity index (χ3n) is 4.18. The zero-order chi connectivity index (χ0) is 12.1. The van der Waals surface area contributed by atoms with E-state index in [9.17, 15) is 0 Å². The second-order valence-electron chi connectivity index (χ2n) is 5.54. The number of nitrogens with zero attached hydrogens (tertiary/aromatic N) is 1. The Hall–Kier alpha value is 0.270. The van der Waals surface area contributed by atoms with Crippen LogP contribution in [0, 0.1) is 0 Å². The summed E-state index contributed by atoms with van der Waals surface area (Å²) in [5.41, 5.74) is 0. The molecule has 0 aromatic heterocycles. The molecule has 0 radical (unpaired) electrons. The van der Waals surface area contributed by atoms with Gasteiger partial charge in [0, 0.05) is 37.0 Å². The molecule has 0 amide bonds. The molecule has 2 aliphatic heterocycles. The van der Waals surface area contributed by atoms with Crippen molar-refractivity contribution in [3.63, 3.8) is 0 Å². The molecule has 0 aliphatic carbocycles. The van der Waals surface area contributed by atoms with Gasteiger partial charge in [-0.05, 0) is 31.4 Å². The van der Waals surface area contributed by atoms with Gasteiger partial charge in [0.05, 0.1) is 0 Å². The van der Waals surface area contributed by atoms with Gasteiger partial charge in [0.2, 0.25) is 0 Å². The smallest absolute Gasteiger partial charge is 0.0219 e. The van der Waals surface area contributed by atoms with Crippen LogP contribution in [0.15, 0.2) is 0 Å². The van der Waals surface area contributed by atoms with Crippen molar-refractivity contribution in [2.24, 2.45) is 0 Å². The van der Waals surface area contributed by atoms with Gasteiger partial charge in [0.1, 0.15) is 0 Å². The number of thioether (sulfide) groups is 1. The van der Waals surface area contributed by atoms with Crippen LogP contribution < -0.4 is 5.32 Å². The Morgan fingerprint density at radius 2 is 2.24 bits per heavy atom. The molecule has 17 heavy (non-hydrogen) atoms. The van der Waals surface area contributed by atoms with E-state index in [1.54, 1.807) is 0 Å². The Morgan fingerprint density at radius 3 is 2.88 bits per heavy atom. The lowest BCUT2D eigenvalue weighted by Crippen LogP contribution is -2.57. The van der Waals surface area contributed by atoms with Crippen molar-refractivity contribution in [2.75, 3.05) is 25.4 Å². The minimum absolute atomic E-state index is 0.745. The minimum atomic E-state index is 0.745. The summed E-state index contributed by atoms with van der Waals surface area (Å²) < 4.78 is 0. The first-order valence-electron chi connectivity index (χ1n) is 7.42. The third kappa shape index (κ3) is 3.87. The number of piperazine rings is 1. The van der Waals surface area contributed by atoms with E-state index in [1.165, 1.54) is 57.5 Å². The number of nitrogens with one attached hydrogen (secondary N) is 1. The average molecular weight is 256 g/mol. The quantitative estimate of drug-likeness (QED) is 0.814. The molecule has 3 atom stereocenters. The van der Waals surface area contributed by atoms with Crippen molar-refractivity contribution >= 4 is 11.8 Å². The number of hydrogen-bond donors (Lipinski definition) is 1. The van der Waals surface area contributed by atoms with Crippen LogP contribution in [0.25, 0.3) is 0 Å². The Bertz CT molecular complexity index is 216. The van der Waals surface area contributed by atoms with E-state index >= 15 is 0 Å². The molecule has 2 fully saturated rings. The highest BCUT2D eigenvalue weighted by atomic mass is 32.2. The van der Waals surface area contributed by atoms with Crippen LogP contribution in [0.4, 0.5) is 0 Å². The molecular weight excluding hydrogens is 228 g/mol. The maximum absolute atomic E-state index is 3.73. The third-order valence-corrected chi connectivity index (χ3v) is 5.56. The van der Waals surface area contributed by atoms with E-state index in [-0.39, 0.29) is 0 Å². The van der Waals surface area contributed by atoms with Crippen molar-refractivity contribution in [1.29, 1.82) is 0 Å². The highest BCUT2D eigenvalue weighted by Crippen LogP contribution is 2.28. The molecule has 0 spiro atoms. The van der Waals surface area contributed by atoms with Gasteiger partial charge >= 0.3 is 0 Å². The monoisotopic (exact) mass is 256 g/mol. The Balaban J connectivity index is 1.85. The summed E-state index contributed by atoms with van der Waals surface area (Å²) in [6.45, 7) is 8.46. The normalized spacial score (nSPS) is 35.3. The lowest BCUT2D eigenvalue weighted by Gasteiger charge is -2.41. The van der Waals surface area contributed by atoms with E-state index in [4.69, 9.17) is 0 Å². The molecule has 2 aliphatic rings. The molecule has 2 rings (SSSR count). The minimum Gasteiger partial charge on any atom is -0.311 e. The van der Waals surface area contributed by atoms with E-state index in [0.29, 0.717) is 0 Å². The van der Waals surface area contributed by atoms with Crippen LogP contribution in [0.1, 0.15) is 46.0 Å². The molecule has 1 N–H and O–H groups in total. The number of rotatable bonds is 5. The average Bonchev–Trinajstić information content (AvgIpc) is 2.83. The lowest BCUT2D eigenvalue weighted by atomic mass is 10.0. The molecule has 3 unspecified atom stereocenters. The van der Waals surface area contributed by atoms with E-state index in [1.807, 2.05) is 0 Å². The molecule has 2 saturated heterocycles. The summed E-state index contributed by atoms with van der Waals surface area (Å²) in [6.07, 6.45) is 6.83. The van der Waals surface area contributed by atoms with Crippen LogP contribution >= 0.6 is 11.8 Å². The Kier molecular flexibility index (Phi) is 5.64. The second kappa shape index (κ2) is 7.01. The SMILES string of the molecule is CCCC1CN(CC2CCCS2)C(CC)CN1. The molecule has 0 aromatic carbocycles. The molecule has 0 aromatic rings. The standard InChI is InChI=1S/C14H28N2S/c1-3-6-12-10-16(13(4-2)9-15-12)11-14-7-5-8-17-14/h12-15H,3-11H2,1-2H3. The first-order chi connectivity index (χ1) is 8.33. The maximum atomic E-state index is 3.73. The molecule has 100 valence electrons. The fraction of sp³-hybridized carbons (Fsp3) is 1.00. The van der Waals surface area contributed by atoms with Crippen molar-refractivity contribution in [3.05, 3.63) is 0 Å². The zero-order valence-corrected chi connectivity index (χ0v) is 12.3. The first-order valence-corrected chi connectivity index (χ1v) is 8.47. The van der Waals surface area contributed by atoms with Crippen molar-refractivity contribution in [1.82, 2.24) is 10.2 Å². The van der Waals surface area contributed by atoms with Crippen molar-refractivity contribution in [3.8, 4) is 0 Å². The van der Waals surface area contributed by atoms with Crippen LogP contribution in [-0.2, 0) is 0 Å². The molecule has 0 saturated carbocycles.